The van der Waals surface area contributed by atoms with Gasteiger partial charge in [0.15, 0.2) is 0 Å². The second-order valence-electron chi connectivity index (χ2n) is 8.95. The summed E-state index contributed by atoms with van der Waals surface area (Å²) in [5, 5.41) is 15.5. The fourth-order valence-corrected chi connectivity index (χ4v) is 5.39. The molecule has 156 valence electrons. The Morgan fingerprint density at radius 2 is 1.90 bits per heavy atom. The first-order chi connectivity index (χ1) is 14.5. The van der Waals surface area contributed by atoms with Crippen LogP contribution in [0.15, 0.2) is 55.0 Å². The first kappa shape index (κ1) is 19.3. The van der Waals surface area contributed by atoms with Crippen LogP contribution in [0.1, 0.15) is 38.2 Å². The van der Waals surface area contributed by atoms with Gasteiger partial charge in [0.25, 0.3) is 0 Å². The second-order valence-corrected chi connectivity index (χ2v) is 8.95. The lowest BCUT2D eigenvalue weighted by atomic mass is 9.85. The molecular weight excluding hydrogens is 376 g/mol. The number of aliphatic hydroxyl groups is 1. The number of fused-ring (bicyclic) bond motifs is 3. The van der Waals surface area contributed by atoms with Crippen molar-refractivity contribution in [2.45, 2.75) is 63.4 Å². The van der Waals surface area contributed by atoms with E-state index in [2.05, 4.69) is 44.2 Å². The van der Waals surface area contributed by atoms with Gasteiger partial charge >= 0.3 is 0 Å². The summed E-state index contributed by atoms with van der Waals surface area (Å²) in [6.45, 7) is 3.03. The fraction of sp³-hybridized carbons (Fsp3) is 0.417. The number of nitrogens with one attached hydrogen (secondary N) is 1. The van der Waals surface area contributed by atoms with Gasteiger partial charge in [-0.3, -0.25) is 14.7 Å². The number of rotatable bonds is 5. The van der Waals surface area contributed by atoms with E-state index < -0.39 is 5.60 Å². The van der Waals surface area contributed by atoms with E-state index in [0.29, 0.717) is 18.6 Å². The maximum atomic E-state index is 11.5. The molecule has 1 unspecified atom stereocenters. The number of piperidine rings is 1. The van der Waals surface area contributed by atoms with Crippen molar-refractivity contribution in [1.29, 1.82) is 0 Å². The number of carbonyl (C=O) groups is 1. The number of carbonyl (C=O) groups excluding carboxylic acids is 1. The van der Waals surface area contributed by atoms with Gasteiger partial charge in [-0.2, -0.15) is 0 Å². The van der Waals surface area contributed by atoms with Gasteiger partial charge in [0.2, 0.25) is 5.91 Å². The molecule has 30 heavy (non-hydrogen) atoms. The summed E-state index contributed by atoms with van der Waals surface area (Å²) in [6.07, 6.45) is 9.64. The topological polar surface area (TPSA) is 70.4 Å². The molecule has 0 radical (unpaired) electrons. The molecule has 2 aliphatic rings. The van der Waals surface area contributed by atoms with Gasteiger partial charge in [-0.25, -0.2) is 0 Å². The Labute approximate surface area is 176 Å². The summed E-state index contributed by atoms with van der Waals surface area (Å²) in [5.74, 6) is -0.0534. The van der Waals surface area contributed by atoms with Crippen LogP contribution in [0.25, 0.3) is 10.9 Å². The van der Waals surface area contributed by atoms with Gasteiger partial charge in [-0.1, -0.05) is 12.1 Å². The van der Waals surface area contributed by atoms with E-state index >= 15 is 0 Å². The Hall–Kier alpha value is -2.70. The molecule has 6 nitrogen and oxygen atoms in total. The zero-order valence-electron chi connectivity index (χ0n) is 17.3. The zero-order chi connectivity index (χ0) is 20.7. The number of pyridine rings is 1. The fourth-order valence-electron chi connectivity index (χ4n) is 5.39. The van der Waals surface area contributed by atoms with Crippen LogP contribution in [0.4, 0.5) is 5.69 Å². The molecule has 2 aliphatic heterocycles. The maximum Gasteiger partial charge on any atom is 0.221 e. The molecule has 2 fully saturated rings. The van der Waals surface area contributed by atoms with Crippen LogP contribution in [0.5, 0.6) is 0 Å². The van der Waals surface area contributed by atoms with Gasteiger partial charge in [0, 0.05) is 49.0 Å². The van der Waals surface area contributed by atoms with E-state index in [1.165, 1.54) is 12.5 Å². The Morgan fingerprint density at radius 3 is 2.60 bits per heavy atom. The van der Waals surface area contributed by atoms with Gasteiger partial charge in [-0.05, 0) is 55.5 Å². The molecule has 6 heteroatoms. The highest BCUT2D eigenvalue weighted by atomic mass is 16.3. The normalized spacial score (nSPS) is 26.2. The lowest BCUT2D eigenvalue weighted by Gasteiger charge is -2.44. The first-order valence-electron chi connectivity index (χ1n) is 10.7. The van der Waals surface area contributed by atoms with E-state index in [1.54, 1.807) is 0 Å². The Balaban J connectivity index is 1.28. The maximum absolute atomic E-state index is 11.5. The van der Waals surface area contributed by atoms with Gasteiger partial charge in [0.1, 0.15) is 0 Å². The van der Waals surface area contributed by atoms with Crippen molar-refractivity contribution < 1.29 is 9.90 Å². The smallest absolute Gasteiger partial charge is 0.221 e. The van der Waals surface area contributed by atoms with Crippen LogP contribution in [-0.2, 0) is 17.9 Å². The van der Waals surface area contributed by atoms with Gasteiger partial charge in [0.05, 0.1) is 23.9 Å². The minimum atomic E-state index is -0.681. The molecule has 2 aromatic heterocycles. The third kappa shape index (κ3) is 3.73. The van der Waals surface area contributed by atoms with Crippen LogP contribution in [-0.4, -0.2) is 43.1 Å². The number of hydrogen-bond donors (Lipinski definition) is 2. The van der Waals surface area contributed by atoms with E-state index in [1.807, 2.05) is 30.6 Å². The highest BCUT2D eigenvalue weighted by molar-refractivity contribution is 5.88. The summed E-state index contributed by atoms with van der Waals surface area (Å²) in [5.41, 5.74) is 2.48. The zero-order valence-corrected chi connectivity index (χ0v) is 17.3. The van der Waals surface area contributed by atoms with Crippen LogP contribution in [0, 0.1) is 0 Å². The molecule has 0 spiro atoms. The van der Waals surface area contributed by atoms with Gasteiger partial charge in [-0.15, -0.1) is 0 Å². The van der Waals surface area contributed by atoms with Gasteiger partial charge < -0.3 is 15.0 Å². The Morgan fingerprint density at radius 1 is 1.17 bits per heavy atom. The minimum absolute atomic E-state index is 0.0534. The highest BCUT2D eigenvalue weighted by Gasteiger charge is 2.47. The molecule has 2 saturated heterocycles. The molecule has 1 aromatic carbocycles. The highest BCUT2D eigenvalue weighted by Crippen LogP contribution is 2.42. The predicted molar refractivity (Wildman–Crippen MR) is 117 cm³/mol. The number of amides is 1. The van der Waals surface area contributed by atoms with E-state index in [-0.39, 0.29) is 5.91 Å². The summed E-state index contributed by atoms with van der Waals surface area (Å²) in [7, 11) is 0. The van der Waals surface area contributed by atoms with E-state index in [4.69, 9.17) is 0 Å². The average molecular weight is 405 g/mol. The van der Waals surface area contributed by atoms with Crippen LogP contribution < -0.4 is 5.32 Å². The largest absolute Gasteiger partial charge is 0.388 e. The molecule has 1 amide bonds. The number of aromatic nitrogens is 2. The third-order valence-electron chi connectivity index (χ3n) is 6.68. The van der Waals surface area contributed by atoms with E-state index in [9.17, 15) is 9.90 Å². The lowest BCUT2D eigenvalue weighted by molar-refractivity contribution is -0.114. The molecule has 5 rings (SSSR count). The molecule has 0 saturated carbocycles. The molecule has 4 heterocycles. The lowest BCUT2D eigenvalue weighted by Crippen LogP contribution is -2.52. The van der Waals surface area contributed by atoms with Crippen molar-refractivity contribution >= 4 is 22.5 Å². The molecule has 2 bridgehead atoms. The van der Waals surface area contributed by atoms with Crippen molar-refractivity contribution in [2.75, 3.05) is 5.32 Å². The van der Waals surface area contributed by atoms with Crippen molar-refractivity contribution in [2.24, 2.45) is 0 Å². The van der Waals surface area contributed by atoms with Crippen LogP contribution in [0.3, 0.4) is 0 Å². The van der Waals surface area contributed by atoms with Crippen molar-refractivity contribution in [3.8, 4) is 0 Å². The third-order valence-corrected chi connectivity index (χ3v) is 6.68. The standard InChI is InChI=1S/C24H28N4O2/c1-17(29)26-20-4-2-18(3-5-20)15-28-21-6-7-22(28)13-24(30,12-21)16-27-11-9-19-8-10-25-14-23(19)27/h2-5,8-11,14,21-22,30H,6-7,12-13,15-16H2,1H3,(H,26,29)/t21-,22+,24?. The first-order valence-corrected chi connectivity index (χ1v) is 10.7. The van der Waals surface area contributed by atoms with E-state index in [0.717, 1.165) is 48.8 Å². The van der Waals surface area contributed by atoms with Crippen molar-refractivity contribution in [3.05, 3.63) is 60.6 Å². The summed E-state index contributed by atoms with van der Waals surface area (Å²) >= 11 is 0. The summed E-state index contributed by atoms with van der Waals surface area (Å²) < 4.78 is 2.15. The molecule has 3 aromatic rings. The quantitative estimate of drug-likeness (QED) is 0.682. The Bertz CT molecular complexity index is 1040. The van der Waals surface area contributed by atoms with Crippen LogP contribution >= 0.6 is 0 Å². The predicted octanol–water partition coefficient (Wildman–Crippen LogP) is 3.55. The van der Waals surface area contributed by atoms with Crippen molar-refractivity contribution in [3.63, 3.8) is 0 Å². The number of anilines is 1. The monoisotopic (exact) mass is 404 g/mol. The number of benzene rings is 1. The average Bonchev–Trinajstić information content (AvgIpc) is 3.22. The number of nitrogens with zero attached hydrogens (tertiary/aromatic N) is 3. The SMILES string of the molecule is CC(=O)Nc1ccc(CN2[C@@H]3CC[C@H]2CC(O)(Cn2ccc4ccncc42)C3)cc1. The minimum Gasteiger partial charge on any atom is -0.388 e. The molecule has 0 aliphatic carbocycles. The van der Waals surface area contributed by atoms with Crippen molar-refractivity contribution in [1.82, 2.24) is 14.5 Å². The number of hydrogen-bond acceptors (Lipinski definition) is 4. The second kappa shape index (κ2) is 7.52. The summed E-state index contributed by atoms with van der Waals surface area (Å²) in [4.78, 5) is 18.0. The molecule has 2 N–H and O–H groups in total. The van der Waals surface area contributed by atoms with Crippen LogP contribution in [0.2, 0.25) is 0 Å². The molecular formula is C24H28N4O2. The Kier molecular flexibility index (Phi) is 4.83. The summed E-state index contributed by atoms with van der Waals surface area (Å²) in [6, 6.07) is 13.0. The molecule has 3 atom stereocenters.